The summed E-state index contributed by atoms with van der Waals surface area (Å²) in [6.45, 7) is 9.75. The molecule has 0 atom stereocenters. The Morgan fingerprint density at radius 1 is 0.280 bits per heavy atom. The third-order valence-corrected chi connectivity index (χ3v) is 7.48. The summed E-state index contributed by atoms with van der Waals surface area (Å²) in [6, 6.07) is 27.8. The lowest BCUT2D eigenvalue weighted by molar-refractivity contribution is 1.11. The molecule has 0 bridgehead atoms. The van der Waals surface area contributed by atoms with E-state index >= 15 is 0 Å². The minimum atomic E-state index is 0. The van der Waals surface area contributed by atoms with Gasteiger partial charge < -0.3 is 28.7 Å². The third-order valence-electron chi connectivity index (χ3n) is 6.21. The van der Waals surface area contributed by atoms with Crippen LogP contribution in [-0.4, -0.2) is 0 Å². The molecule has 0 aliphatic rings. The number of rotatable bonds is 0. The van der Waals surface area contributed by atoms with Gasteiger partial charge >= 0.3 is 0 Å². The van der Waals surface area contributed by atoms with Gasteiger partial charge in [-0.15, -0.1) is 0 Å². The second-order valence-corrected chi connectivity index (χ2v) is 12.4. The topological polar surface area (TPSA) is 130 Å². The van der Waals surface area contributed by atoms with Crippen LogP contribution < -0.4 is 28.7 Å². The summed E-state index contributed by atoms with van der Waals surface area (Å²) >= 11 is 24.5. The van der Waals surface area contributed by atoms with Gasteiger partial charge in [-0.2, -0.15) is 0 Å². The maximum Gasteiger partial charge on any atom is 0.0381 e. The van der Waals surface area contributed by atoms with Crippen LogP contribution in [0.5, 0.6) is 0 Å². The molecule has 5 aromatic rings. The van der Waals surface area contributed by atoms with Gasteiger partial charge in [-0.25, -0.2) is 0 Å². The van der Waals surface area contributed by atoms with Crippen molar-refractivity contribution in [3.63, 3.8) is 0 Å². The van der Waals surface area contributed by atoms with Crippen molar-refractivity contribution in [2.75, 3.05) is 28.7 Å². The molecular formula is C35H45F5N5S5. The minimum absolute atomic E-state index is 0. The highest BCUT2D eigenvalue weighted by atomic mass is 32.1. The average Bonchev–Trinajstić information content (AvgIpc) is 2.97. The van der Waals surface area contributed by atoms with Crippen LogP contribution in [0.3, 0.4) is 0 Å². The molecule has 275 valence electrons. The Hall–Kier alpha value is -4.15. The molecule has 0 heterocycles. The lowest BCUT2D eigenvalue weighted by atomic mass is 10.2. The van der Waals surface area contributed by atoms with Gasteiger partial charge in [0, 0.05) is 52.9 Å². The minimum Gasteiger partial charge on any atom is -0.399 e. The number of aryl methyl sites for hydroxylation is 5. The summed E-state index contributed by atoms with van der Waals surface area (Å²) in [5.74, 6) is 0. The van der Waals surface area contributed by atoms with Crippen molar-refractivity contribution in [3.8, 4) is 0 Å². The molecule has 5 rings (SSSR count). The van der Waals surface area contributed by atoms with Gasteiger partial charge in [0.2, 0.25) is 0 Å². The Kier molecular flexibility index (Phi) is 30.6. The summed E-state index contributed by atoms with van der Waals surface area (Å²) < 4.78 is 0. The summed E-state index contributed by atoms with van der Waals surface area (Å²) in [7, 11) is 0. The molecule has 5 aromatic carbocycles. The second-order valence-electron chi connectivity index (χ2n) is 10.1. The molecular weight excluding hydrogens is 746 g/mol. The number of anilines is 5. The average molecular weight is 791 g/mol. The number of nitrogen functional groups attached to an aromatic ring is 5. The molecule has 10 N–H and O–H groups in total. The van der Waals surface area contributed by atoms with E-state index in [-0.39, 0.29) is 23.5 Å². The van der Waals surface area contributed by atoms with Gasteiger partial charge in [-0.05, 0) is 153 Å². The van der Waals surface area contributed by atoms with E-state index in [2.05, 4.69) is 0 Å². The largest absolute Gasteiger partial charge is 0.399 e. The molecule has 0 aromatic heterocycles. The predicted molar refractivity (Wildman–Crippen MR) is 220 cm³/mol. The lowest BCUT2D eigenvalue weighted by Crippen LogP contribution is -1.87. The normalized spacial score (nSPS) is 8.50. The smallest absolute Gasteiger partial charge is 0.0381 e. The number of benzene rings is 5. The molecule has 0 aliphatic carbocycles. The number of nitrogens with two attached hydrogens (primary N) is 5. The maximum absolute atomic E-state index is 5.54. The zero-order chi connectivity index (χ0) is 34.3. The van der Waals surface area contributed by atoms with E-state index in [1.807, 2.05) is 126 Å². The zero-order valence-electron chi connectivity index (χ0n) is 28.1. The Balaban J connectivity index is -0.000000165. The fraction of sp³-hybridized carbons (Fsp3) is 0.143. The van der Waals surface area contributed by atoms with Gasteiger partial charge in [-0.3, -0.25) is 23.5 Å². The van der Waals surface area contributed by atoms with E-state index < -0.39 is 0 Å². The van der Waals surface area contributed by atoms with Crippen LogP contribution in [0, 0.1) is 34.6 Å². The molecule has 0 unspecified atom stereocenters. The molecule has 15 heteroatoms. The van der Waals surface area contributed by atoms with Crippen molar-refractivity contribution in [2.45, 2.75) is 59.1 Å². The molecule has 0 amide bonds. The molecule has 5 radical (unpaired) electrons. The lowest BCUT2D eigenvalue weighted by Gasteiger charge is -1.97. The fourth-order valence-corrected chi connectivity index (χ4v) is 4.47. The Morgan fingerprint density at radius 2 is 0.400 bits per heavy atom. The van der Waals surface area contributed by atoms with Crippen LogP contribution in [0.15, 0.2) is 115 Å². The van der Waals surface area contributed by atoms with E-state index in [9.17, 15) is 0 Å². The van der Waals surface area contributed by atoms with E-state index in [0.29, 0.717) is 0 Å². The van der Waals surface area contributed by atoms with Crippen LogP contribution in [0.25, 0.3) is 0 Å². The first-order valence-corrected chi connectivity index (χ1v) is 15.7. The highest BCUT2D eigenvalue weighted by molar-refractivity contribution is 7.81. The summed E-state index contributed by atoms with van der Waals surface area (Å²) in [5.41, 5.74) is 37.0. The Bertz CT molecular complexity index is 1410. The first-order valence-electron chi connectivity index (χ1n) is 13.7. The third kappa shape index (κ3) is 21.7. The maximum atomic E-state index is 5.54. The zero-order valence-corrected chi connectivity index (χ0v) is 32.2. The number of hydrogen-bond donors (Lipinski definition) is 5. The van der Waals surface area contributed by atoms with Crippen molar-refractivity contribution in [1.29, 1.82) is 0 Å². The van der Waals surface area contributed by atoms with Crippen LogP contribution >= 0.6 is 63.1 Å². The predicted octanol–water partition coefficient (Wildman–Crippen LogP) is 11.4. The van der Waals surface area contributed by atoms with Gasteiger partial charge in [0.25, 0.3) is 0 Å². The Morgan fingerprint density at radius 3 is 0.480 bits per heavy atom. The molecule has 0 spiro atoms. The van der Waals surface area contributed by atoms with Gasteiger partial charge in [0.15, 0.2) is 0 Å². The highest BCUT2D eigenvalue weighted by Crippen LogP contribution is 2.17. The van der Waals surface area contributed by atoms with Gasteiger partial charge in [0.05, 0.1) is 0 Å². The molecule has 0 saturated heterocycles. The highest BCUT2D eigenvalue weighted by Gasteiger charge is 1.94. The van der Waals surface area contributed by atoms with Crippen LogP contribution in [-0.2, 0) is 0 Å². The molecule has 0 aliphatic heterocycles. The van der Waals surface area contributed by atoms with Crippen LogP contribution in [0.1, 0.15) is 27.8 Å². The van der Waals surface area contributed by atoms with Gasteiger partial charge in [0.1, 0.15) is 0 Å². The van der Waals surface area contributed by atoms with Crippen LogP contribution in [0.4, 0.5) is 52.0 Å². The molecule has 50 heavy (non-hydrogen) atoms. The van der Waals surface area contributed by atoms with E-state index in [1.54, 1.807) is 0 Å². The molecule has 0 fully saturated rings. The standard InChI is InChI=1S/5C7H8NS.5FH/c5*1-5-4-6(9)2-3-7(5)8;;;;;/h5*2-4H,8H2,1H3;5*1H. The molecule has 0 saturated carbocycles. The van der Waals surface area contributed by atoms with E-state index in [0.717, 1.165) is 80.7 Å². The first kappa shape index (κ1) is 55.3. The number of halogens is 5. The molecule has 5 nitrogen and oxygen atoms in total. The second kappa shape index (κ2) is 27.6. The first-order chi connectivity index (χ1) is 21.0. The summed E-state index contributed by atoms with van der Waals surface area (Å²) in [6.07, 6.45) is 0. The van der Waals surface area contributed by atoms with E-state index in [4.69, 9.17) is 91.8 Å². The Labute approximate surface area is 320 Å². The van der Waals surface area contributed by atoms with Crippen molar-refractivity contribution in [3.05, 3.63) is 119 Å². The van der Waals surface area contributed by atoms with Crippen molar-refractivity contribution < 1.29 is 23.5 Å². The van der Waals surface area contributed by atoms with Crippen LogP contribution in [0.2, 0.25) is 0 Å². The quantitative estimate of drug-likeness (QED) is 0.0788. The van der Waals surface area contributed by atoms with Crippen molar-refractivity contribution in [2.24, 2.45) is 0 Å². The monoisotopic (exact) mass is 790 g/mol. The fourth-order valence-electron chi connectivity index (χ4n) is 3.24. The van der Waals surface area contributed by atoms with Crippen molar-refractivity contribution in [1.82, 2.24) is 0 Å². The summed E-state index contributed by atoms with van der Waals surface area (Å²) in [4.78, 5) is 4.24. The number of hydrogen-bond acceptors (Lipinski definition) is 5. The summed E-state index contributed by atoms with van der Waals surface area (Å²) in [5, 5.41) is 0. The van der Waals surface area contributed by atoms with Gasteiger partial charge in [-0.1, -0.05) is 63.1 Å². The van der Waals surface area contributed by atoms with E-state index in [1.165, 1.54) is 0 Å². The SMILES string of the molecule is Cc1cc([S])ccc1N.Cc1cc([S])ccc1N.Cc1cc([S])ccc1N.Cc1cc([S])ccc1N.Cc1cc([S])ccc1N.F.F.F.F.F. The van der Waals surface area contributed by atoms with Crippen molar-refractivity contribution >= 4 is 91.6 Å².